The van der Waals surface area contributed by atoms with E-state index in [1.165, 1.54) is 16.7 Å². The molecule has 1 nitrogen and oxygen atoms in total. The van der Waals surface area contributed by atoms with Crippen LogP contribution in [0.1, 0.15) is 27.1 Å². The number of hydrogen-bond acceptors (Lipinski definition) is 1. The van der Waals surface area contributed by atoms with Gasteiger partial charge in [0.1, 0.15) is 5.75 Å². The van der Waals surface area contributed by atoms with E-state index >= 15 is 0 Å². The largest absolute Gasteiger partial charge is 0.496 e. The highest BCUT2D eigenvalue weighted by atomic mass is 79.9. The SMILES string of the molecule is COc1c(C)cc(Br)c(C)c1C(Br)c1ccccc1. The summed E-state index contributed by atoms with van der Waals surface area (Å²) >= 11 is 7.43. The summed E-state index contributed by atoms with van der Waals surface area (Å²) in [6.45, 7) is 4.18. The zero-order chi connectivity index (χ0) is 14.0. The molecule has 0 fully saturated rings. The van der Waals surface area contributed by atoms with Crippen molar-refractivity contribution in [3.63, 3.8) is 0 Å². The van der Waals surface area contributed by atoms with E-state index in [0.717, 1.165) is 15.8 Å². The van der Waals surface area contributed by atoms with Crippen molar-refractivity contribution in [3.05, 3.63) is 63.1 Å². The molecule has 0 amide bonds. The van der Waals surface area contributed by atoms with Crippen LogP contribution in [0.3, 0.4) is 0 Å². The number of methoxy groups -OCH3 is 1. The molecular formula is C16H16Br2O. The van der Waals surface area contributed by atoms with Crippen LogP contribution in [0.2, 0.25) is 0 Å². The van der Waals surface area contributed by atoms with E-state index in [0.29, 0.717) is 0 Å². The maximum absolute atomic E-state index is 5.60. The minimum atomic E-state index is 0.125. The smallest absolute Gasteiger partial charge is 0.126 e. The van der Waals surface area contributed by atoms with Crippen molar-refractivity contribution in [2.24, 2.45) is 0 Å². The maximum Gasteiger partial charge on any atom is 0.126 e. The van der Waals surface area contributed by atoms with Crippen LogP contribution in [0.4, 0.5) is 0 Å². The summed E-state index contributed by atoms with van der Waals surface area (Å²) < 4.78 is 6.72. The van der Waals surface area contributed by atoms with Gasteiger partial charge < -0.3 is 4.74 Å². The molecule has 0 heterocycles. The van der Waals surface area contributed by atoms with Gasteiger partial charge in [-0.15, -0.1) is 0 Å². The third kappa shape index (κ3) is 2.87. The highest BCUT2D eigenvalue weighted by molar-refractivity contribution is 9.10. The lowest BCUT2D eigenvalue weighted by atomic mass is 9.97. The van der Waals surface area contributed by atoms with E-state index in [4.69, 9.17) is 4.74 Å². The van der Waals surface area contributed by atoms with Crippen LogP contribution in [0.5, 0.6) is 5.75 Å². The molecule has 0 spiro atoms. The fraction of sp³-hybridized carbons (Fsp3) is 0.250. The fourth-order valence-electron chi connectivity index (χ4n) is 2.24. The first-order chi connectivity index (χ1) is 9.06. The van der Waals surface area contributed by atoms with Crippen molar-refractivity contribution >= 4 is 31.9 Å². The Morgan fingerprint density at radius 1 is 1.11 bits per heavy atom. The fourth-order valence-corrected chi connectivity index (χ4v) is 3.65. The highest BCUT2D eigenvalue weighted by Gasteiger charge is 2.21. The van der Waals surface area contributed by atoms with Crippen molar-refractivity contribution < 1.29 is 4.74 Å². The Morgan fingerprint density at radius 2 is 1.74 bits per heavy atom. The molecular weight excluding hydrogens is 368 g/mol. The average molecular weight is 384 g/mol. The summed E-state index contributed by atoms with van der Waals surface area (Å²) in [5.74, 6) is 0.950. The molecule has 0 aromatic heterocycles. The van der Waals surface area contributed by atoms with Gasteiger partial charge in [0.25, 0.3) is 0 Å². The van der Waals surface area contributed by atoms with E-state index < -0.39 is 0 Å². The number of aryl methyl sites for hydroxylation is 1. The van der Waals surface area contributed by atoms with Crippen molar-refractivity contribution in [3.8, 4) is 5.75 Å². The Hall–Kier alpha value is -0.800. The zero-order valence-electron chi connectivity index (χ0n) is 11.2. The van der Waals surface area contributed by atoms with Crippen LogP contribution in [0.15, 0.2) is 40.9 Å². The van der Waals surface area contributed by atoms with Gasteiger partial charge in [0.2, 0.25) is 0 Å². The summed E-state index contributed by atoms with van der Waals surface area (Å²) in [5.41, 5.74) is 4.74. The van der Waals surface area contributed by atoms with Crippen LogP contribution in [-0.2, 0) is 0 Å². The molecule has 1 unspecified atom stereocenters. The summed E-state index contributed by atoms with van der Waals surface area (Å²) in [6, 6.07) is 12.5. The molecule has 0 aliphatic heterocycles. The molecule has 2 rings (SSSR count). The Kier molecular flexibility index (Phi) is 4.69. The Morgan fingerprint density at radius 3 is 2.32 bits per heavy atom. The molecule has 1 atom stereocenters. The number of benzene rings is 2. The number of ether oxygens (including phenoxy) is 1. The second kappa shape index (κ2) is 6.10. The molecule has 0 saturated carbocycles. The molecule has 0 N–H and O–H groups in total. The first-order valence-electron chi connectivity index (χ1n) is 6.08. The number of hydrogen-bond donors (Lipinski definition) is 0. The van der Waals surface area contributed by atoms with E-state index in [2.05, 4.69) is 76.0 Å². The third-order valence-corrected chi connectivity index (χ3v) is 5.07. The van der Waals surface area contributed by atoms with E-state index in [1.54, 1.807) is 7.11 Å². The van der Waals surface area contributed by atoms with E-state index in [-0.39, 0.29) is 4.83 Å². The van der Waals surface area contributed by atoms with Gasteiger partial charge in [-0.05, 0) is 36.6 Å². The number of halogens is 2. The monoisotopic (exact) mass is 382 g/mol. The van der Waals surface area contributed by atoms with Crippen molar-refractivity contribution in [1.29, 1.82) is 0 Å². The van der Waals surface area contributed by atoms with Crippen LogP contribution in [0.25, 0.3) is 0 Å². The number of alkyl halides is 1. The summed E-state index contributed by atoms with van der Waals surface area (Å²) in [5, 5.41) is 0. The van der Waals surface area contributed by atoms with Crippen LogP contribution in [0, 0.1) is 13.8 Å². The standard InChI is InChI=1S/C16H16Br2O/c1-10-9-13(17)11(2)14(16(10)19-3)15(18)12-7-5-4-6-8-12/h4-9,15H,1-3H3. The zero-order valence-corrected chi connectivity index (χ0v) is 14.4. The molecule has 2 aromatic carbocycles. The lowest BCUT2D eigenvalue weighted by Gasteiger charge is -2.20. The van der Waals surface area contributed by atoms with Gasteiger partial charge in [-0.25, -0.2) is 0 Å². The quantitative estimate of drug-likeness (QED) is 0.630. The normalized spacial score (nSPS) is 12.3. The minimum Gasteiger partial charge on any atom is -0.496 e. The van der Waals surface area contributed by atoms with Crippen LogP contribution in [-0.4, -0.2) is 7.11 Å². The van der Waals surface area contributed by atoms with Gasteiger partial charge in [0, 0.05) is 10.0 Å². The molecule has 0 aliphatic carbocycles. The van der Waals surface area contributed by atoms with Gasteiger partial charge in [0.05, 0.1) is 11.9 Å². The predicted molar refractivity (Wildman–Crippen MR) is 87.4 cm³/mol. The van der Waals surface area contributed by atoms with Crippen molar-refractivity contribution in [1.82, 2.24) is 0 Å². The van der Waals surface area contributed by atoms with E-state index in [9.17, 15) is 0 Å². The Labute approximate surface area is 131 Å². The molecule has 0 saturated heterocycles. The lowest BCUT2D eigenvalue weighted by Crippen LogP contribution is -2.02. The molecule has 3 heteroatoms. The topological polar surface area (TPSA) is 9.23 Å². The van der Waals surface area contributed by atoms with Crippen molar-refractivity contribution in [2.75, 3.05) is 7.11 Å². The highest BCUT2D eigenvalue weighted by Crippen LogP contribution is 2.42. The van der Waals surface area contributed by atoms with Gasteiger partial charge in [-0.1, -0.05) is 62.2 Å². The van der Waals surface area contributed by atoms with Crippen molar-refractivity contribution in [2.45, 2.75) is 18.7 Å². The Bertz CT molecular complexity index is 579. The molecule has 0 aliphatic rings. The average Bonchev–Trinajstić information content (AvgIpc) is 2.42. The predicted octanol–water partition coefficient (Wildman–Crippen LogP) is 5.56. The lowest BCUT2D eigenvalue weighted by molar-refractivity contribution is 0.406. The van der Waals surface area contributed by atoms with Gasteiger partial charge in [-0.3, -0.25) is 0 Å². The first-order valence-corrected chi connectivity index (χ1v) is 7.79. The second-order valence-corrected chi connectivity index (χ2v) is 6.29. The Balaban J connectivity index is 2.61. The van der Waals surface area contributed by atoms with Gasteiger partial charge in [0.15, 0.2) is 0 Å². The maximum atomic E-state index is 5.60. The molecule has 0 bridgehead atoms. The van der Waals surface area contributed by atoms with Gasteiger partial charge >= 0.3 is 0 Å². The van der Waals surface area contributed by atoms with Crippen LogP contribution < -0.4 is 4.74 Å². The minimum absolute atomic E-state index is 0.125. The molecule has 0 radical (unpaired) electrons. The third-order valence-electron chi connectivity index (χ3n) is 3.26. The summed E-state index contributed by atoms with van der Waals surface area (Å²) in [4.78, 5) is 0.125. The van der Waals surface area contributed by atoms with Crippen LogP contribution >= 0.6 is 31.9 Å². The molecule has 100 valence electrons. The first kappa shape index (κ1) is 14.6. The number of rotatable bonds is 3. The second-order valence-electron chi connectivity index (χ2n) is 4.52. The van der Waals surface area contributed by atoms with E-state index in [1.807, 2.05) is 6.07 Å². The molecule has 2 aromatic rings. The van der Waals surface area contributed by atoms with Gasteiger partial charge in [-0.2, -0.15) is 0 Å². The molecule has 19 heavy (non-hydrogen) atoms. The summed E-state index contributed by atoms with van der Waals surface area (Å²) in [7, 11) is 1.73. The summed E-state index contributed by atoms with van der Waals surface area (Å²) in [6.07, 6.45) is 0.